The van der Waals surface area contributed by atoms with E-state index in [0.717, 1.165) is 0 Å². The summed E-state index contributed by atoms with van der Waals surface area (Å²) in [5.74, 6) is 0. The minimum Gasteiger partial charge on any atom is -0.0622 e. The Hall–Kier alpha value is -5.46. The standard InChI is InChI=1S/C43H26/c1-3-11-27(12-4-1)29-22-24-37-36(25-29)33-23-21-30(28-13-5-2-6-14-28)26-40(33)43(37)38-19-9-17-34-31-15-7-8-16-32(31)35-18-10-20-39(43)42(35)41(34)38/h1-26H. The molecule has 10 rings (SSSR count). The lowest BCUT2D eigenvalue weighted by molar-refractivity contribution is 0.797. The van der Waals surface area contributed by atoms with Gasteiger partial charge in [-0.1, -0.05) is 146 Å². The van der Waals surface area contributed by atoms with Gasteiger partial charge in [-0.2, -0.15) is 0 Å². The molecule has 0 nitrogen and oxygen atoms in total. The first-order chi connectivity index (χ1) is 21.3. The van der Waals surface area contributed by atoms with Crippen LogP contribution in [0.4, 0.5) is 0 Å². The average Bonchev–Trinajstić information content (AvgIpc) is 3.56. The first kappa shape index (κ1) is 23.1. The van der Waals surface area contributed by atoms with E-state index in [4.69, 9.17) is 0 Å². The van der Waals surface area contributed by atoms with Crippen molar-refractivity contribution in [1.29, 1.82) is 0 Å². The molecule has 0 heterocycles. The fourth-order valence-corrected chi connectivity index (χ4v) is 8.34. The molecule has 0 bridgehead atoms. The highest BCUT2D eigenvalue weighted by Crippen LogP contribution is 2.63. The Labute approximate surface area is 250 Å². The monoisotopic (exact) mass is 542 g/mol. The molecule has 0 aliphatic heterocycles. The molecule has 0 aromatic heterocycles. The molecule has 198 valence electrons. The molecule has 0 unspecified atom stereocenters. The summed E-state index contributed by atoms with van der Waals surface area (Å²) < 4.78 is 0. The quantitative estimate of drug-likeness (QED) is 0.191. The first-order valence-electron chi connectivity index (χ1n) is 15.1. The average molecular weight is 543 g/mol. The van der Waals surface area contributed by atoms with Crippen LogP contribution in [-0.4, -0.2) is 0 Å². The molecular weight excluding hydrogens is 516 g/mol. The fourth-order valence-electron chi connectivity index (χ4n) is 8.34. The molecule has 43 heavy (non-hydrogen) atoms. The Bertz CT molecular complexity index is 2350. The SMILES string of the molecule is c1ccc(-c2ccc3c(c2)-c2ccc(-c4ccccc4)cc2C32c3cccc4c5ccccc5c5cccc2c5c34)cc1. The van der Waals surface area contributed by atoms with Gasteiger partial charge in [0.05, 0.1) is 5.41 Å². The summed E-state index contributed by atoms with van der Waals surface area (Å²) in [6.07, 6.45) is 0. The van der Waals surface area contributed by atoms with E-state index in [-0.39, 0.29) is 5.41 Å². The molecule has 8 aromatic carbocycles. The van der Waals surface area contributed by atoms with Gasteiger partial charge >= 0.3 is 0 Å². The van der Waals surface area contributed by atoms with Gasteiger partial charge in [-0.25, -0.2) is 0 Å². The van der Waals surface area contributed by atoms with Gasteiger partial charge in [0.25, 0.3) is 0 Å². The number of rotatable bonds is 2. The second kappa shape index (κ2) is 8.31. The van der Waals surface area contributed by atoms with Crippen molar-refractivity contribution in [2.75, 3.05) is 0 Å². The summed E-state index contributed by atoms with van der Waals surface area (Å²) in [6, 6.07) is 58.9. The first-order valence-corrected chi connectivity index (χ1v) is 15.1. The van der Waals surface area contributed by atoms with Crippen LogP contribution in [0.5, 0.6) is 0 Å². The van der Waals surface area contributed by atoms with Crippen molar-refractivity contribution in [2.24, 2.45) is 0 Å². The van der Waals surface area contributed by atoms with E-state index >= 15 is 0 Å². The molecule has 0 saturated carbocycles. The zero-order valence-corrected chi connectivity index (χ0v) is 23.5. The largest absolute Gasteiger partial charge is 0.0726 e. The Morgan fingerprint density at radius 2 is 0.791 bits per heavy atom. The smallest absolute Gasteiger partial charge is 0.0622 e. The van der Waals surface area contributed by atoms with Crippen LogP contribution in [0, 0.1) is 0 Å². The summed E-state index contributed by atoms with van der Waals surface area (Å²) >= 11 is 0. The third kappa shape index (κ3) is 2.86. The maximum absolute atomic E-state index is 2.48. The summed E-state index contributed by atoms with van der Waals surface area (Å²) in [4.78, 5) is 0. The molecule has 0 N–H and O–H groups in total. The van der Waals surface area contributed by atoms with E-state index in [2.05, 4.69) is 158 Å². The van der Waals surface area contributed by atoms with E-state index in [1.807, 2.05) is 0 Å². The molecule has 0 atom stereocenters. The predicted molar refractivity (Wildman–Crippen MR) is 181 cm³/mol. The summed E-state index contributed by atoms with van der Waals surface area (Å²) in [5, 5.41) is 8.17. The van der Waals surface area contributed by atoms with Crippen molar-refractivity contribution in [3.8, 4) is 33.4 Å². The van der Waals surface area contributed by atoms with Crippen LogP contribution in [0.1, 0.15) is 22.3 Å². The van der Waals surface area contributed by atoms with Crippen LogP contribution in [-0.2, 0) is 5.41 Å². The van der Waals surface area contributed by atoms with E-state index in [1.54, 1.807) is 0 Å². The highest BCUT2D eigenvalue weighted by atomic mass is 14.5. The van der Waals surface area contributed by atoms with Crippen LogP contribution < -0.4 is 0 Å². The number of hydrogen-bond acceptors (Lipinski definition) is 0. The van der Waals surface area contributed by atoms with Gasteiger partial charge < -0.3 is 0 Å². The Morgan fingerprint density at radius 1 is 0.279 bits per heavy atom. The lowest BCUT2D eigenvalue weighted by Crippen LogP contribution is -2.26. The molecular formula is C43H26. The van der Waals surface area contributed by atoms with Crippen molar-refractivity contribution in [2.45, 2.75) is 5.41 Å². The van der Waals surface area contributed by atoms with Crippen LogP contribution in [0.25, 0.3) is 65.7 Å². The van der Waals surface area contributed by atoms with E-state index < -0.39 is 0 Å². The Morgan fingerprint density at radius 3 is 1.40 bits per heavy atom. The van der Waals surface area contributed by atoms with Gasteiger partial charge in [0, 0.05) is 0 Å². The molecule has 2 aliphatic carbocycles. The molecule has 8 aromatic rings. The number of hydrogen-bond donors (Lipinski definition) is 0. The number of benzene rings is 8. The van der Waals surface area contributed by atoms with E-state index in [9.17, 15) is 0 Å². The van der Waals surface area contributed by atoms with Crippen molar-refractivity contribution in [1.82, 2.24) is 0 Å². The molecule has 0 fully saturated rings. The summed E-state index contributed by atoms with van der Waals surface area (Å²) in [7, 11) is 0. The summed E-state index contributed by atoms with van der Waals surface area (Å²) in [6.45, 7) is 0. The highest BCUT2D eigenvalue weighted by Gasteiger charge is 2.51. The van der Waals surface area contributed by atoms with Gasteiger partial charge in [0.2, 0.25) is 0 Å². The minimum absolute atomic E-state index is 0.386. The zero-order chi connectivity index (χ0) is 28.1. The van der Waals surface area contributed by atoms with Crippen molar-refractivity contribution in [3.05, 3.63) is 180 Å². The molecule has 1 spiro atoms. The van der Waals surface area contributed by atoms with Gasteiger partial charge in [0.15, 0.2) is 0 Å². The predicted octanol–water partition coefficient (Wildman–Crippen LogP) is 11.2. The van der Waals surface area contributed by atoms with Crippen molar-refractivity contribution in [3.63, 3.8) is 0 Å². The normalized spacial score (nSPS) is 13.8. The highest BCUT2D eigenvalue weighted by molar-refractivity contribution is 6.29. The Balaban J connectivity index is 1.38. The van der Waals surface area contributed by atoms with Crippen LogP contribution in [0.2, 0.25) is 0 Å². The topological polar surface area (TPSA) is 0 Å². The lowest BCUT2D eigenvalue weighted by atomic mass is 9.69. The maximum Gasteiger partial charge on any atom is 0.0726 e. The van der Waals surface area contributed by atoms with E-state index in [1.165, 1.54) is 88.0 Å². The molecule has 0 radical (unpaired) electrons. The van der Waals surface area contributed by atoms with Gasteiger partial charge in [-0.15, -0.1) is 0 Å². The van der Waals surface area contributed by atoms with Gasteiger partial charge in [-0.05, 0) is 100 Å². The maximum atomic E-state index is 2.48. The summed E-state index contributed by atoms with van der Waals surface area (Å²) in [5.41, 5.74) is 12.9. The minimum atomic E-state index is -0.386. The van der Waals surface area contributed by atoms with Crippen molar-refractivity contribution >= 4 is 32.3 Å². The fraction of sp³-hybridized carbons (Fsp3) is 0.0233. The van der Waals surface area contributed by atoms with Crippen LogP contribution in [0.3, 0.4) is 0 Å². The van der Waals surface area contributed by atoms with E-state index in [0.29, 0.717) is 0 Å². The van der Waals surface area contributed by atoms with Gasteiger partial charge in [-0.3, -0.25) is 0 Å². The third-order valence-electron chi connectivity index (χ3n) is 10.0. The molecule has 0 heteroatoms. The van der Waals surface area contributed by atoms with Crippen LogP contribution in [0.15, 0.2) is 158 Å². The lowest BCUT2D eigenvalue weighted by Gasteiger charge is -2.31. The van der Waals surface area contributed by atoms with Crippen LogP contribution >= 0.6 is 0 Å². The van der Waals surface area contributed by atoms with Crippen molar-refractivity contribution < 1.29 is 0 Å². The zero-order valence-electron chi connectivity index (χ0n) is 23.5. The Kier molecular flexibility index (Phi) is 4.47. The second-order valence-corrected chi connectivity index (χ2v) is 12.0. The third-order valence-corrected chi connectivity index (χ3v) is 10.0. The number of fused-ring (bicyclic) bond motifs is 10. The molecule has 0 amide bonds. The molecule has 2 aliphatic rings. The molecule has 0 saturated heterocycles. The second-order valence-electron chi connectivity index (χ2n) is 12.0. The van der Waals surface area contributed by atoms with Gasteiger partial charge in [0.1, 0.15) is 0 Å².